The van der Waals surface area contributed by atoms with Crippen molar-refractivity contribution in [1.29, 1.82) is 0 Å². The Labute approximate surface area is 179 Å². The highest BCUT2D eigenvalue weighted by Gasteiger charge is 2.51. The zero-order valence-corrected chi connectivity index (χ0v) is 18.1. The fraction of sp³-hybridized carbons (Fsp3) is 0.778. The van der Waals surface area contributed by atoms with Crippen LogP contribution < -0.4 is 5.32 Å². The third-order valence-corrected chi connectivity index (χ3v) is 3.96. The van der Waals surface area contributed by atoms with Crippen LogP contribution in [0.1, 0.15) is 27.7 Å². The third-order valence-electron chi connectivity index (χ3n) is 3.80. The molecule has 0 aromatic rings. The van der Waals surface area contributed by atoms with Gasteiger partial charge in [0.2, 0.25) is 5.91 Å². The lowest BCUT2D eigenvalue weighted by molar-refractivity contribution is -0.279. The normalized spacial score (nSPS) is 25.8. The van der Waals surface area contributed by atoms with Crippen molar-refractivity contribution < 1.29 is 47.6 Å². The average molecular weight is 454 g/mol. The number of amides is 1. The fourth-order valence-electron chi connectivity index (χ4n) is 2.81. The molecule has 0 radical (unpaired) electrons. The van der Waals surface area contributed by atoms with Crippen molar-refractivity contribution in [3.63, 3.8) is 0 Å². The smallest absolute Gasteiger partial charge is 0.303 e. The average Bonchev–Trinajstić information content (AvgIpc) is 2.63. The molecule has 172 valence electrons. The molecule has 1 fully saturated rings. The third kappa shape index (κ3) is 9.24. The maximum Gasteiger partial charge on any atom is 0.303 e. The Kier molecular flexibility index (Phi) is 11.6. The number of carbonyl (C=O) groups is 4. The van der Waals surface area contributed by atoms with Gasteiger partial charge in [0, 0.05) is 33.6 Å². The van der Waals surface area contributed by atoms with Crippen LogP contribution in [0.2, 0.25) is 0 Å². The zero-order valence-electron chi connectivity index (χ0n) is 17.4. The summed E-state index contributed by atoms with van der Waals surface area (Å²) in [4.78, 5) is 46.4. The lowest BCUT2D eigenvalue weighted by Crippen LogP contribution is -2.66. The van der Waals surface area contributed by atoms with Gasteiger partial charge in [-0.05, 0) is 0 Å². The van der Waals surface area contributed by atoms with Gasteiger partial charge < -0.3 is 33.7 Å². The summed E-state index contributed by atoms with van der Waals surface area (Å²) < 4.78 is 32.4. The summed E-state index contributed by atoms with van der Waals surface area (Å²) >= 11 is 5.54. The number of esters is 3. The van der Waals surface area contributed by atoms with Crippen LogP contribution in [0.4, 0.5) is 0 Å². The van der Waals surface area contributed by atoms with Gasteiger partial charge in [-0.15, -0.1) is 11.6 Å². The van der Waals surface area contributed by atoms with E-state index < -0.39 is 54.5 Å². The van der Waals surface area contributed by atoms with Crippen molar-refractivity contribution in [3.05, 3.63) is 0 Å². The minimum Gasteiger partial charge on any atom is -0.463 e. The van der Waals surface area contributed by atoms with Crippen LogP contribution in [-0.4, -0.2) is 86.8 Å². The zero-order chi connectivity index (χ0) is 22.7. The molecule has 1 aliphatic heterocycles. The predicted octanol–water partition coefficient (Wildman–Crippen LogP) is -0.0855. The molecule has 5 atom stereocenters. The molecule has 0 spiro atoms. The molecule has 1 aliphatic rings. The number of hydrogen-bond acceptors (Lipinski definition) is 10. The first-order chi connectivity index (χ1) is 14.1. The Morgan fingerprint density at radius 3 is 2.07 bits per heavy atom. The van der Waals surface area contributed by atoms with E-state index in [1.165, 1.54) is 20.8 Å². The van der Waals surface area contributed by atoms with Crippen molar-refractivity contribution >= 4 is 35.4 Å². The van der Waals surface area contributed by atoms with Gasteiger partial charge in [-0.2, -0.15) is 0 Å². The van der Waals surface area contributed by atoms with Crippen molar-refractivity contribution in [2.75, 3.05) is 32.3 Å². The number of halogens is 1. The molecule has 0 bridgehead atoms. The molecule has 1 amide bonds. The molecule has 0 aliphatic carbocycles. The molecule has 0 aromatic heterocycles. The number of carbonyl (C=O) groups excluding carboxylic acids is 4. The molecule has 12 heteroatoms. The maximum atomic E-state index is 11.8. The van der Waals surface area contributed by atoms with E-state index in [2.05, 4.69) is 5.32 Å². The Morgan fingerprint density at radius 2 is 1.53 bits per heavy atom. The highest BCUT2D eigenvalue weighted by molar-refractivity contribution is 6.17. The summed E-state index contributed by atoms with van der Waals surface area (Å²) in [5.74, 6) is -2.07. The van der Waals surface area contributed by atoms with Crippen molar-refractivity contribution in [2.24, 2.45) is 0 Å². The van der Waals surface area contributed by atoms with E-state index in [-0.39, 0.29) is 19.8 Å². The van der Waals surface area contributed by atoms with E-state index in [1.54, 1.807) is 0 Å². The number of hydrogen-bond donors (Lipinski definition) is 1. The van der Waals surface area contributed by atoms with Crippen LogP contribution in [0.25, 0.3) is 0 Å². The molecule has 0 unspecified atom stereocenters. The summed E-state index contributed by atoms with van der Waals surface area (Å²) in [6, 6.07) is -1.00. The monoisotopic (exact) mass is 453 g/mol. The molecule has 0 saturated carbocycles. The van der Waals surface area contributed by atoms with Gasteiger partial charge in [-0.3, -0.25) is 19.2 Å². The molecule has 1 N–H and O–H groups in total. The van der Waals surface area contributed by atoms with Crippen molar-refractivity contribution in [2.45, 2.75) is 58.3 Å². The van der Waals surface area contributed by atoms with Crippen molar-refractivity contribution in [3.8, 4) is 0 Å². The van der Waals surface area contributed by atoms with Gasteiger partial charge in [0.25, 0.3) is 0 Å². The molecule has 1 heterocycles. The van der Waals surface area contributed by atoms with Gasteiger partial charge >= 0.3 is 17.9 Å². The van der Waals surface area contributed by atoms with Crippen LogP contribution in [0.15, 0.2) is 0 Å². The van der Waals surface area contributed by atoms with E-state index in [4.69, 9.17) is 40.0 Å². The quantitative estimate of drug-likeness (QED) is 0.196. The van der Waals surface area contributed by atoms with E-state index in [9.17, 15) is 19.2 Å². The van der Waals surface area contributed by atoms with E-state index in [0.717, 1.165) is 6.92 Å². The topological polar surface area (TPSA) is 136 Å². The Balaban J connectivity index is 3.13. The van der Waals surface area contributed by atoms with E-state index >= 15 is 0 Å². The second kappa shape index (κ2) is 13.4. The fourth-order valence-corrected chi connectivity index (χ4v) is 2.92. The maximum absolute atomic E-state index is 11.8. The first kappa shape index (κ1) is 26.1. The summed E-state index contributed by atoms with van der Waals surface area (Å²) in [5.41, 5.74) is 0. The number of nitrogens with one attached hydrogen (secondary N) is 1. The lowest BCUT2D eigenvalue weighted by atomic mass is 9.96. The van der Waals surface area contributed by atoms with Crippen molar-refractivity contribution in [1.82, 2.24) is 5.32 Å². The van der Waals surface area contributed by atoms with E-state index in [1.807, 2.05) is 0 Å². The summed E-state index contributed by atoms with van der Waals surface area (Å²) in [6.07, 6.45) is -4.43. The first-order valence-electron chi connectivity index (χ1n) is 9.31. The Bertz CT molecular complexity index is 602. The minimum absolute atomic E-state index is 0.0724. The summed E-state index contributed by atoms with van der Waals surface area (Å²) in [5, 5.41) is 2.60. The molecule has 0 aromatic carbocycles. The van der Waals surface area contributed by atoms with Gasteiger partial charge in [-0.25, -0.2) is 0 Å². The second-order valence-corrected chi connectivity index (χ2v) is 6.77. The SMILES string of the molecule is CC(=O)N[C@@H]1[C@H](OCCOCCCl)O[C@H](COC(C)=O)[C@H](OC(C)=O)[C@@H]1OC(C)=O. The van der Waals surface area contributed by atoms with Gasteiger partial charge in [0.1, 0.15) is 18.8 Å². The number of alkyl halides is 1. The molecule has 30 heavy (non-hydrogen) atoms. The van der Waals surface area contributed by atoms with Crippen LogP contribution in [-0.2, 0) is 47.6 Å². The highest BCUT2D eigenvalue weighted by Crippen LogP contribution is 2.28. The van der Waals surface area contributed by atoms with Gasteiger partial charge in [0.05, 0.1) is 19.8 Å². The first-order valence-corrected chi connectivity index (χ1v) is 9.84. The number of ether oxygens (including phenoxy) is 6. The van der Waals surface area contributed by atoms with Gasteiger partial charge in [0.15, 0.2) is 18.5 Å². The highest BCUT2D eigenvalue weighted by atomic mass is 35.5. The summed E-state index contributed by atoms with van der Waals surface area (Å²) in [7, 11) is 0. The largest absolute Gasteiger partial charge is 0.463 e. The number of rotatable bonds is 11. The van der Waals surface area contributed by atoms with Crippen LogP contribution >= 0.6 is 11.6 Å². The Hall–Kier alpha value is -1.95. The van der Waals surface area contributed by atoms with Crippen LogP contribution in [0.3, 0.4) is 0 Å². The molecular formula is C18H28ClNO10. The Morgan fingerprint density at radius 1 is 0.900 bits per heavy atom. The molecule has 1 rings (SSSR count). The standard InChI is InChI=1S/C18H28ClNO10/c1-10(21)20-15-17(29-13(4)24)16(28-12(3)23)14(9-27-11(2)22)30-18(15)26-8-7-25-6-5-19/h14-18H,5-9H2,1-4H3,(H,20,21)/t14-,15+,16+,17-,18-/m1/s1. The molecule has 11 nitrogen and oxygen atoms in total. The molecule has 1 saturated heterocycles. The predicted molar refractivity (Wildman–Crippen MR) is 101 cm³/mol. The van der Waals surface area contributed by atoms with E-state index in [0.29, 0.717) is 12.5 Å². The van der Waals surface area contributed by atoms with Crippen LogP contribution in [0.5, 0.6) is 0 Å². The lowest BCUT2D eigenvalue weighted by Gasteiger charge is -2.44. The second-order valence-electron chi connectivity index (χ2n) is 6.39. The summed E-state index contributed by atoms with van der Waals surface area (Å²) in [6.45, 7) is 5.10. The minimum atomic E-state index is -1.16. The molecular weight excluding hydrogens is 426 g/mol. The van der Waals surface area contributed by atoms with Crippen LogP contribution in [0, 0.1) is 0 Å². The van der Waals surface area contributed by atoms with Gasteiger partial charge in [-0.1, -0.05) is 0 Å².